The molecule has 2 heterocycles. The summed E-state index contributed by atoms with van der Waals surface area (Å²) < 4.78 is 2.48. The Morgan fingerprint density at radius 2 is 0.812 bits per heavy atom. The summed E-state index contributed by atoms with van der Waals surface area (Å²) in [6.45, 7) is 0. The average molecular weight is 819 g/mol. The van der Waals surface area contributed by atoms with E-state index in [1.807, 2.05) is 48.5 Å². The van der Waals surface area contributed by atoms with E-state index in [0.717, 1.165) is 61.4 Å². The van der Waals surface area contributed by atoms with Gasteiger partial charge in [-0.25, -0.2) is 0 Å². The molecule has 1 atom stereocenters. The van der Waals surface area contributed by atoms with Crippen LogP contribution in [0.25, 0.3) is 77.7 Å². The first-order valence-electron chi connectivity index (χ1n) is 21.7. The minimum atomic E-state index is -0.457. The van der Waals surface area contributed by atoms with E-state index in [1.54, 1.807) is 0 Å². The smallest absolute Gasteiger partial charge is 0.147 e. The van der Waals surface area contributed by atoms with Gasteiger partial charge in [-0.3, -0.25) is 4.99 Å². The van der Waals surface area contributed by atoms with Crippen LogP contribution in [0.3, 0.4) is 0 Å². The van der Waals surface area contributed by atoms with Crippen molar-refractivity contribution >= 4 is 33.2 Å². The van der Waals surface area contributed by atoms with Gasteiger partial charge < -0.3 is 9.47 Å². The van der Waals surface area contributed by atoms with E-state index in [-0.39, 0.29) is 0 Å². The van der Waals surface area contributed by atoms with Crippen LogP contribution in [0.5, 0.6) is 0 Å². The highest BCUT2D eigenvalue weighted by Gasteiger charge is 2.33. The molecular formula is C60H42N4. The fourth-order valence-electron chi connectivity index (χ4n) is 9.45. The number of benzene rings is 9. The van der Waals surface area contributed by atoms with Crippen LogP contribution in [0.2, 0.25) is 0 Å². The van der Waals surface area contributed by atoms with E-state index in [9.17, 15) is 5.26 Å². The molecule has 302 valence electrons. The van der Waals surface area contributed by atoms with Crippen LogP contribution in [0.15, 0.2) is 241 Å². The molecule has 0 saturated heterocycles. The monoisotopic (exact) mass is 818 g/mol. The second kappa shape index (κ2) is 16.4. The van der Waals surface area contributed by atoms with Crippen molar-refractivity contribution in [1.82, 2.24) is 9.47 Å². The van der Waals surface area contributed by atoms with Gasteiger partial charge in [0, 0.05) is 34.5 Å². The Balaban J connectivity index is 1.23. The molecule has 0 bridgehead atoms. The molecule has 4 nitrogen and oxygen atoms in total. The first-order chi connectivity index (χ1) is 31.6. The highest BCUT2D eigenvalue weighted by atomic mass is 15.2. The van der Waals surface area contributed by atoms with Gasteiger partial charge in [0.25, 0.3) is 0 Å². The standard InChI is InChI=1S/C60H42N4/c1-63-58(46-30-18-7-19-31-46)54(40-61)57(45-28-16-6-17-29-45)62-60(63)49-38-50(43-24-12-4-13-25-43)59(51(39-49)44-26-14-5-15-27-44)64-55-34-32-47(41-20-8-2-9-21-41)36-52(55)53-37-48(33-35-56(53)64)42-22-10-3-11-23-42/h2-39,60H,1H3. The topological polar surface area (TPSA) is 44.3 Å². The Labute approximate surface area is 373 Å². The Kier molecular flexibility index (Phi) is 9.84. The van der Waals surface area contributed by atoms with E-state index >= 15 is 0 Å². The Morgan fingerprint density at radius 3 is 1.23 bits per heavy atom. The molecule has 1 aromatic heterocycles. The van der Waals surface area contributed by atoms with Gasteiger partial charge in [-0.05, 0) is 80.9 Å². The molecule has 11 rings (SSSR count). The molecule has 10 aromatic rings. The predicted molar refractivity (Wildman–Crippen MR) is 265 cm³/mol. The van der Waals surface area contributed by atoms with Crippen molar-refractivity contribution in [3.63, 3.8) is 0 Å². The molecule has 0 N–H and O–H groups in total. The van der Waals surface area contributed by atoms with Gasteiger partial charge in [-0.1, -0.05) is 194 Å². The Morgan fingerprint density at radius 1 is 0.422 bits per heavy atom. The quantitative estimate of drug-likeness (QED) is 0.153. The van der Waals surface area contributed by atoms with Crippen molar-refractivity contribution < 1.29 is 0 Å². The molecule has 1 unspecified atom stereocenters. The molecule has 0 fully saturated rings. The van der Waals surface area contributed by atoms with Gasteiger partial charge >= 0.3 is 0 Å². The third kappa shape index (κ3) is 6.77. The van der Waals surface area contributed by atoms with E-state index in [1.165, 1.54) is 33.0 Å². The Bertz CT molecular complexity index is 3260. The summed E-state index contributed by atoms with van der Waals surface area (Å²) in [6, 6.07) is 84.1. The van der Waals surface area contributed by atoms with Crippen molar-refractivity contribution in [2.75, 3.05) is 7.05 Å². The van der Waals surface area contributed by atoms with Gasteiger partial charge in [0.05, 0.1) is 28.1 Å². The van der Waals surface area contributed by atoms with Crippen LogP contribution in [0, 0.1) is 11.3 Å². The van der Waals surface area contributed by atoms with Crippen LogP contribution >= 0.6 is 0 Å². The number of rotatable bonds is 8. The fourth-order valence-corrected chi connectivity index (χ4v) is 9.45. The molecule has 1 aliphatic heterocycles. The first-order valence-corrected chi connectivity index (χ1v) is 21.7. The Hall–Kier alpha value is -8.52. The van der Waals surface area contributed by atoms with Crippen molar-refractivity contribution in [3.8, 4) is 56.3 Å². The molecular weight excluding hydrogens is 777 g/mol. The summed E-state index contributed by atoms with van der Waals surface area (Å²) in [7, 11) is 2.06. The van der Waals surface area contributed by atoms with E-state index in [0.29, 0.717) is 11.3 Å². The lowest BCUT2D eigenvalue weighted by Gasteiger charge is -2.36. The maximum absolute atomic E-state index is 10.9. The van der Waals surface area contributed by atoms with Crippen LogP contribution in [-0.2, 0) is 0 Å². The summed E-state index contributed by atoms with van der Waals surface area (Å²) in [5, 5.41) is 13.2. The highest BCUT2D eigenvalue weighted by Crippen LogP contribution is 2.46. The average Bonchev–Trinajstić information content (AvgIpc) is 3.70. The molecule has 0 radical (unpaired) electrons. The van der Waals surface area contributed by atoms with E-state index in [2.05, 4.69) is 205 Å². The number of nitriles is 1. The summed E-state index contributed by atoms with van der Waals surface area (Å²) in [6.07, 6.45) is -0.457. The summed E-state index contributed by atoms with van der Waals surface area (Å²) in [5.41, 5.74) is 17.3. The van der Waals surface area contributed by atoms with Crippen LogP contribution < -0.4 is 0 Å². The summed E-state index contributed by atoms with van der Waals surface area (Å²) in [4.78, 5) is 7.70. The van der Waals surface area contributed by atoms with E-state index < -0.39 is 6.17 Å². The second-order valence-corrected chi connectivity index (χ2v) is 16.3. The van der Waals surface area contributed by atoms with E-state index in [4.69, 9.17) is 4.99 Å². The largest absolute Gasteiger partial charge is 0.347 e. The minimum absolute atomic E-state index is 0.457. The van der Waals surface area contributed by atoms with Gasteiger partial charge in [0.2, 0.25) is 0 Å². The molecule has 9 aromatic carbocycles. The number of hydrogen-bond donors (Lipinski definition) is 0. The fraction of sp³-hybridized carbons (Fsp3) is 0.0333. The number of hydrogen-bond acceptors (Lipinski definition) is 3. The van der Waals surface area contributed by atoms with Crippen LogP contribution in [0.1, 0.15) is 22.9 Å². The molecule has 0 aliphatic carbocycles. The lowest BCUT2D eigenvalue weighted by Crippen LogP contribution is -2.30. The van der Waals surface area contributed by atoms with Crippen molar-refractivity contribution in [2.45, 2.75) is 6.17 Å². The molecule has 0 saturated carbocycles. The van der Waals surface area contributed by atoms with Gasteiger partial charge in [-0.2, -0.15) is 5.26 Å². The van der Waals surface area contributed by atoms with Crippen molar-refractivity contribution in [1.29, 1.82) is 5.26 Å². The lowest BCUT2D eigenvalue weighted by atomic mass is 9.90. The van der Waals surface area contributed by atoms with Gasteiger partial charge in [0.1, 0.15) is 17.8 Å². The summed E-state index contributed by atoms with van der Waals surface area (Å²) >= 11 is 0. The molecule has 4 heteroatoms. The maximum atomic E-state index is 10.9. The third-order valence-corrected chi connectivity index (χ3v) is 12.5. The first kappa shape index (κ1) is 38.4. The lowest BCUT2D eigenvalue weighted by molar-refractivity contribution is 0.363. The predicted octanol–water partition coefficient (Wildman–Crippen LogP) is 14.8. The zero-order valence-corrected chi connectivity index (χ0v) is 35.3. The zero-order chi connectivity index (χ0) is 43.0. The zero-order valence-electron chi connectivity index (χ0n) is 35.3. The number of aromatic nitrogens is 1. The van der Waals surface area contributed by atoms with Crippen LogP contribution in [-0.4, -0.2) is 22.2 Å². The van der Waals surface area contributed by atoms with Gasteiger partial charge in [0.15, 0.2) is 0 Å². The normalized spacial score (nSPS) is 13.8. The molecule has 1 aliphatic rings. The summed E-state index contributed by atoms with van der Waals surface area (Å²) in [5.74, 6) is 0. The number of fused-ring (bicyclic) bond motifs is 3. The third-order valence-electron chi connectivity index (χ3n) is 12.5. The van der Waals surface area contributed by atoms with Crippen molar-refractivity contribution in [2.24, 2.45) is 4.99 Å². The van der Waals surface area contributed by atoms with Gasteiger partial charge in [-0.15, -0.1) is 0 Å². The highest BCUT2D eigenvalue weighted by molar-refractivity contribution is 6.20. The number of nitrogens with zero attached hydrogens (tertiary/aromatic N) is 4. The molecule has 0 amide bonds. The second-order valence-electron chi connectivity index (χ2n) is 16.3. The van der Waals surface area contributed by atoms with Crippen LogP contribution in [0.4, 0.5) is 0 Å². The number of allylic oxidation sites excluding steroid dienone is 1. The molecule has 0 spiro atoms. The SMILES string of the molecule is CN1C(c2ccccc2)=C(C#N)C(c2ccccc2)=NC1c1cc(-c2ccccc2)c(-n2c3ccc(-c4ccccc4)cc3c3cc(-c4ccccc4)ccc32)c(-c2ccccc2)c1. The molecule has 64 heavy (non-hydrogen) atoms. The number of aliphatic imine (C=N–C) groups is 1. The minimum Gasteiger partial charge on any atom is -0.347 e. The maximum Gasteiger partial charge on any atom is 0.147 e. The van der Waals surface area contributed by atoms with Crippen molar-refractivity contribution in [3.05, 3.63) is 253 Å².